The van der Waals surface area contributed by atoms with Gasteiger partial charge in [-0.25, -0.2) is 0 Å². The van der Waals surface area contributed by atoms with Gasteiger partial charge in [0, 0.05) is 12.1 Å². The van der Waals surface area contributed by atoms with Crippen molar-refractivity contribution in [1.29, 1.82) is 0 Å². The lowest BCUT2D eigenvalue weighted by Gasteiger charge is -2.49. The van der Waals surface area contributed by atoms with Gasteiger partial charge in [0.1, 0.15) is 0 Å². The van der Waals surface area contributed by atoms with Gasteiger partial charge in [0.2, 0.25) is 0 Å². The van der Waals surface area contributed by atoms with Crippen LogP contribution in [0.2, 0.25) is 0 Å². The maximum absolute atomic E-state index is 2.63. The summed E-state index contributed by atoms with van der Waals surface area (Å²) < 4.78 is 0. The molecule has 158 valence electrons. The van der Waals surface area contributed by atoms with Gasteiger partial charge in [-0.2, -0.15) is 0 Å². The van der Waals surface area contributed by atoms with E-state index >= 15 is 0 Å². The maximum atomic E-state index is 2.63. The molecular weight excluding hydrogens is 316 g/mol. The summed E-state index contributed by atoms with van der Waals surface area (Å²) in [5.74, 6) is 0. The van der Waals surface area contributed by atoms with Crippen LogP contribution in [0.5, 0.6) is 0 Å². The van der Waals surface area contributed by atoms with Crippen molar-refractivity contribution in [3.63, 3.8) is 0 Å². The lowest BCUT2D eigenvalue weighted by atomic mass is 9.63. The van der Waals surface area contributed by atoms with Gasteiger partial charge >= 0.3 is 0 Å². The van der Waals surface area contributed by atoms with E-state index in [-0.39, 0.29) is 0 Å². The van der Waals surface area contributed by atoms with E-state index in [0.717, 1.165) is 11.5 Å². The van der Waals surface area contributed by atoms with Crippen LogP contribution in [0.1, 0.15) is 113 Å². The Hall–Kier alpha value is -0.0800. The van der Waals surface area contributed by atoms with E-state index in [2.05, 4.69) is 51.5 Å². The van der Waals surface area contributed by atoms with E-state index in [1.165, 1.54) is 83.8 Å². The number of nitrogens with zero attached hydrogens (tertiary/aromatic N) is 2. The molecule has 0 amide bonds. The Morgan fingerprint density at radius 3 is 1.77 bits per heavy atom. The predicted octanol–water partition coefficient (Wildman–Crippen LogP) is 6.98. The first-order valence-corrected chi connectivity index (χ1v) is 11.8. The summed E-state index contributed by atoms with van der Waals surface area (Å²) in [6.45, 7) is 19.4. The monoisotopic (exact) mass is 368 g/mol. The number of unbranched alkanes of at least 4 members (excludes halogenated alkanes) is 4. The highest BCUT2D eigenvalue weighted by atomic mass is 15.2. The molecule has 2 nitrogen and oxygen atoms in total. The molecule has 0 aromatic rings. The smallest absolute Gasteiger partial charge is 0.00385 e. The van der Waals surface area contributed by atoms with Crippen LogP contribution in [0.25, 0.3) is 0 Å². The molecule has 2 heteroatoms. The van der Waals surface area contributed by atoms with Crippen LogP contribution in [-0.4, -0.2) is 48.6 Å². The number of hydrogen-bond acceptors (Lipinski definition) is 2. The third kappa shape index (κ3) is 10.3. The molecular formula is C24H52N2. The van der Waals surface area contributed by atoms with Crippen molar-refractivity contribution in [3.05, 3.63) is 0 Å². The zero-order valence-corrected chi connectivity index (χ0v) is 19.7. The molecule has 0 radical (unpaired) electrons. The van der Waals surface area contributed by atoms with Gasteiger partial charge in [-0.3, -0.25) is 0 Å². The first-order valence-electron chi connectivity index (χ1n) is 11.8. The molecule has 0 N–H and O–H groups in total. The number of likely N-dealkylation sites (tertiary alicyclic amines) is 1. The normalized spacial score (nSPS) is 19.0. The number of rotatable bonds is 8. The summed E-state index contributed by atoms with van der Waals surface area (Å²) in [6, 6.07) is 1.47. The Morgan fingerprint density at radius 1 is 0.846 bits per heavy atom. The topological polar surface area (TPSA) is 6.48 Å². The highest BCUT2D eigenvalue weighted by molar-refractivity contribution is 4.92. The van der Waals surface area contributed by atoms with E-state index in [1.54, 1.807) is 0 Å². The molecule has 0 aromatic carbocycles. The van der Waals surface area contributed by atoms with Crippen molar-refractivity contribution in [1.82, 2.24) is 9.80 Å². The largest absolute Gasteiger partial charge is 0.304 e. The minimum absolute atomic E-state index is 0.705. The summed E-state index contributed by atoms with van der Waals surface area (Å²) >= 11 is 0. The third-order valence-corrected chi connectivity index (χ3v) is 6.50. The summed E-state index contributed by atoms with van der Waals surface area (Å²) in [7, 11) is 2.21. The van der Waals surface area contributed by atoms with Gasteiger partial charge in [0.05, 0.1) is 0 Å². The second kappa shape index (κ2) is 14.9. The Bertz CT molecular complexity index is 297. The minimum Gasteiger partial charge on any atom is -0.304 e. The van der Waals surface area contributed by atoms with Crippen LogP contribution in [-0.2, 0) is 0 Å². The van der Waals surface area contributed by atoms with Crippen LogP contribution in [0, 0.1) is 5.41 Å². The summed E-state index contributed by atoms with van der Waals surface area (Å²) in [6.07, 6.45) is 14.5. The average molecular weight is 369 g/mol. The Kier molecular flexibility index (Phi) is 14.9. The van der Waals surface area contributed by atoms with E-state index in [0.29, 0.717) is 6.04 Å². The molecule has 2 fully saturated rings. The molecule has 0 unspecified atom stereocenters. The van der Waals surface area contributed by atoms with Crippen molar-refractivity contribution >= 4 is 0 Å². The van der Waals surface area contributed by atoms with E-state index in [9.17, 15) is 0 Å². The first-order chi connectivity index (χ1) is 12.4. The zero-order valence-electron chi connectivity index (χ0n) is 19.7. The SMILES string of the molecule is CC.CC(C)N1CCC2(CCC2)CC1.CCCCCCCN(C)C(C)C. The van der Waals surface area contributed by atoms with E-state index in [1.807, 2.05) is 13.8 Å². The summed E-state index contributed by atoms with van der Waals surface area (Å²) in [4.78, 5) is 5.05. The third-order valence-electron chi connectivity index (χ3n) is 6.50. The molecule has 26 heavy (non-hydrogen) atoms. The fourth-order valence-corrected chi connectivity index (χ4v) is 3.91. The van der Waals surface area contributed by atoms with E-state index in [4.69, 9.17) is 0 Å². The Balaban J connectivity index is 0.000000439. The van der Waals surface area contributed by atoms with Crippen LogP contribution in [0.3, 0.4) is 0 Å². The second-order valence-electron chi connectivity index (χ2n) is 8.97. The van der Waals surface area contributed by atoms with Gasteiger partial charge in [0.15, 0.2) is 0 Å². The quantitative estimate of drug-likeness (QED) is 0.426. The van der Waals surface area contributed by atoms with Gasteiger partial charge in [-0.15, -0.1) is 0 Å². The molecule has 0 atom stereocenters. The van der Waals surface area contributed by atoms with Crippen LogP contribution >= 0.6 is 0 Å². The van der Waals surface area contributed by atoms with Gasteiger partial charge in [0.25, 0.3) is 0 Å². The highest BCUT2D eigenvalue weighted by Crippen LogP contribution is 2.48. The lowest BCUT2D eigenvalue weighted by molar-refractivity contribution is 0.0220. The molecule has 2 rings (SSSR count). The molecule has 1 saturated carbocycles. The van der Waals surface area contributed by atoms with Gasteiger partial charge in [-0.1, -0.05) is 52.9 Å². The minimum atomic E-state index is 0.705. The molecule has 1 aliphatic carbocycles. The predicted molar refractivity (Wildman–Crippen MR) is 120 cm³/mol. The summed E-state index contributed by atoms with van der Waals surface area (Å²) in [5.41, 5.74) is 0.825. The van der Waals surface area contributed by atoms with E-state index < -0.39 is 0 Å². The van der Waals surface area contributed by atoms with Crippen molar-refractivity contribution in [3.8, 4) is 0 Å². The molecule has 2 aliphatic rings. The lowest BCUT2D eigenvalue weighted by Crippen LogP contribution is -2.45. The number of piperidine rings is 1. The second-order valence-corrected chi connectivity index (χ2v) is 8.97. The van der Waals surface area contributed by atoms with Crippen LogP contribution in [0.4, 0.5) is 0 Å². The fraction of sp³-hybridized carbons (Fsp3) is 1.00. The first kappa shape index (κ1) is 25.9. The van der Waals surface area contributed by atoms with Gasteiger partial charge < -0.3 is 9.80 Å². The van der Waals surface area contributed by atoms with Crippen LogP contribution in [0.15, 0.2) is 0 Å². The molecule has 1 aliphatic heterocycles. The average Bonchev–Trinajstić information content (AvgIpc) is 2.62. The fourth-order valence-electron chi connectivity index (χ4n) is 3.91. The zero-order chi connectivity index (χ0) is 20.0. The van der Waals surface area contributed by atoms with Crippen molar-refractivity contribution in [2.75, 3.05) is 26.7 Å². The van der Waals surface area contributed by atoms with Crippen LogP contribution < -0.4 is 0 Å². The van der Waals surface area contributed by atoms with Crippen molar-refractivity contribution in [2.24, 2.45) is 5.41 Å². The standard InChI is InChI=1S/C11H21N.C11H25N.C2H6/c1-10(2)12-8-6-11(7-9-12)4-3-5-11;1-5-6-7-8-9-10-12(4)11(2)3;1-2/h10H,3-9H2,1-2H3;11H,5-10H2,1-4H3;1-2H3. The maximum Gasteiger partial charge on any atom is 0.00385 e. The van der Waals surface area contributed by atoms with Crippen molar-refractivity contribution in [2.45, 2.75) is 125 Å². The molecule has 0 bridgehead atoms. The Morgan fingerprint density at radius 2 is 1.38 bits per heavy atom. The molecule has 1 saturated heterocycles. The Labute approximate surface area is 167 Å². The number of hydrogen-bond donors (Lipinski definition) is 0. The molecule has 1 spiro atoms. The highest BCUT2D eigenvalue weighted by Gasteiger charge is 2.39. The summed E-state index contributed by atoms with van der Waals surface area (Å²) in [5, 5.41) is 0. The molecule has 1 heterocycles. The van der Waals surface area contributed by atoms with Gasteiger partial charge in [-0.05, 0) is 91.9 Å². The molecule has 0 aromatic heterocycles. The van der Waals surface area contributed by atoms with Crippen molar-refractivity contribution < 1.29 is 0 Å².